The number of esters is 1. The molecule has 0 unspecified atom stereocenters. The van der Waals surface area contributed by atoms with E-state index in [1.165, 1.54) is 0 Å². The maximum Gasteiger partial charge on any atom is 0.340 e. The van der Waals surface area contributed by atoms with E-state index in [9.17, 15) is 4.79 Å². The van der Waals surface area contributed by atoms with E-state index in [0.717, 1.165) is 5.56 Å². The Kier molecular flexibility index (Phi) is 4.84. The van der Waals surface area contributed by atoms with Gasteiger partial charge in [0.25, 0.3) is 0 Å². The molecule has 0 radical (unpaired) electrons. The Morgan fingerprint density at radius 1 is 1.33 bits per heavy atom. The number of hydrogen-bond acceptors (Lipinski definition) is 4. The van der Waals surface area contributed by atoms with Gasteiger partial charge in [0.2, 0.25) is 0 Å². The Morgan fingerprint density at radius 2 is 2.19 bits per heavy atom. The minimum absolute atomic E-state index is 0.293. The standard InChI is InChI=1S/C17H14N2O2/c1-2-21-17(20)15(16-8-3-4-9-19-16)11-13-6-5-7-14(10-13)12-18/h3-11H,2H2,1H3/b15-11-. The third kappa shape index (κ3) is 3.77. The predicted molar refractivity (Wildman–Crippen MR) is 79.9 cm³/mol. The molecule has 104 valence electrons. The van der Waals surface area contributed by atoms with Gasteiger partial charge >= 0.3 is 5.97 Å². The van der Waals surface area contributed by atoms with Crippen molar-refractivity contribution in [3.05, 3.63) is 65.5 Å². The number of carbonyl (C=O) groups is 1. The fourth-order valence-corrected chi connectivity index (χ4v) is 1.83. The van der Waals surface area contributed by atoms with Gasteiger partial charge in [0.1, 0.15) is 0 Å². The second-order valence-electron chi connectivity index (χ2n) is 4.23. The summed E-state index contributed by atoms with van der Waals surface area (Å²) in [5.74, 6) is -0.432. The monoisotopic (exact) mass is 278 g/mol. The number of pyridine rings is 1. The summed E-state index contributed by atoms with van der Waals surface area (Å²) in [4.78, 5) is 16.3. The lowest BCUT2D eigenvalue weighted by Crippen LogP contribution is -2.07. The van der Waals surface area contributed by atoms with Gasteiger partial charge in [-0.05, 0) is 42.8 Å². The number of nitrogens with zero attached hydrogens (tertiary/aromatic N) is 2. The number of benzene rings is 1. The molecule has 0 aliphatic heterocycles. The maximum atomic E-state index is 12.1. The van der Waals surface area contributed by atoms with E-state index in [2.05, 4.69) is 11.1 Å². The van der Waals surface area contributed by atoms with E-state index < -0.39 is 5.97 Å². The molecule has 0 aliphatic rings. The van der Waals surface area contributed by atoms with Gasteiger partial charge in [-0.15, -0.1) is 0 Å². The smallest absolute Gasteiger partial charge is 0.340 e. The molecular weight excluding hydrogens is 264 g/mol. The van der Waals surface area contributed by atoms with Crippen LogP contribution in [0.3, 0.4) is 0 Å². The zero-order chi connectivity index (χ0) is 15.1. The average molecular weight is 278 g/mol. The molecule has 1 aromatic carbocycles. The molecule has 0 spiro atoms. The van der Waals surface area contributed by atoms with Crippen molar-refractivity contribution in [2.24, 2.45) is 0 Å². The molecule has 0 atom stereocenters. The van der Waals surface area contributed by atoms with Crippen molar-refractivity contribution < 1.29 is 9.53 Å². The van der Waals surface area contributed by atoms with E-state index in [0.29, 0.717) is 23.4 Å². The third-order valence-electron chi connectivity index (χ3n) is 2.76. The minimum atomic E-state index is -0.432. The van der Waals surface area contributed by atoms with Gasteiger partial charge in [0, 0.05) is 6.20 Å². The Morgan fingerprint density at radius 3 is 2.86 bits per heavy atom. The van der Waals surface area contributed by atoms with Crippen molar-refractivity contribution in [1.29, 1.82) is 5.26 Å². The summed E-state index contributed by atoms with van der Waals surface area (Å²) in [6.07, 6.45) is 3.30. The third-order valence-corrected chi connectivity index (χ3v) is 2.76. The average Bonchev–Trinajstić information content (AvgIpc) is 2.54. The van der Waals surface area contributed by atoms with Gasteiger partial charge in [-0.1, -0.05) is 18.2 Å². The van der Waals surface area contributed by atoms with Gasteiger partial charge in [0.05, 0.1) is 29.5 Å². The summed E-state index contributed by atoms with van der Waals surface area (Å²) in [5.41, 5.74) is 2.20. The van der Waals surface area contributed by atoms with Crippen LogP contribution in [0.2, 0.25) is 0 Å². The molecule has 0 saturated heterocycles. The molecule has 4 nitrogen and oxygen atoms in total. The van der Waals surface area contributed by atoms with E-state index in [1.807, 2.05) is 6.07 Å². The Balaban J connectivity index is 2.46. The highest BCUT2D eigenvalue weighted by atomic mass is 16.5. The summed E-state index contributed by atoms with van der Waals surface area (Å²) in [5, 5.41) is 8.93. The molecule has 21 heavy (non-hydrogen) atoms. The van der Waals surface area contributed by atoms with Gasteiger partial charge in [0.15, 0.2) is 0 Å². The summed E-state index contributed by atoms with van der Waals surface area (Å²) >= 11 is 0. The van der Waals surface area contributed by atoms with Crippen molar-refractivity contribution in [2.75, 3.05) is 6.61 Å². The van der Waals surface area contributed by atoms with Crippen molar-refractivity contribution in [2.45, 2.75) is 6.92 Å². The molecule has 0 aliphatic carbocycles. The number of ether oxygens (including phenoxy) is 1. The van der Waals surface area contributed by atoms with Crippen LogP contribution in [0.1, 0.15) is 23.7 Å². The van der Waals surface area contributed by atoms with Gasteiger partial charge in [-0.25, -0.2) is 4.79 Å². The van der Waals surface area contributed by atoms with Crippen molar-refractivity contribution in [3.63, 3.8) is 0 Å². The summed E-state index contributed by atoms with van der Waals surface area (Å²) in [6.45, 7) is 2.05. The molecule has 4 heteroatoms. The van der Waals surface area contributed by atoms with E-state index >= 15 is 0 Å². The largest absolute Gasteiger partial charge is 0.462 e. The van der Waals surface area contributed by atoms with Gasteiger partial charge in [-0.2, -0.15) is 5.26 Å². The molecule has 0 fully saturated rings. The topological polar surface area (TPSA) is 63.0 Å². The lowest BCUT2D eigenvalue weighted by atomic mass is 10.1. The van der Waals surface area contributed by atoms with Crippen molar-refractivity contribution in [3.8, 4) is 6.07 Å². The zero-order valence-corrected chi connectivity index (χ0v) is 11.6. The lowest BCUT2D eigenvalue weighted by Gasteiger charge is -2.06. The van der Waals surface area contributed by atoms with Crippen LogP contribution in [0, 0.1) is 11.3 Å². The Bertz CT molecular complexity index is 700. The number of aromatic nitrogens is 1. The van der Waals surface area contributed by atoms with E-state index in [1.54, 1.807) is 55.6 Å². The summed E-state index contributed by atoms with van der Waals surface area (Å²) < 4.78 is 5.07. The maximum absolute atomic E-state index is 12.1. The highest BCUT2D eigenvalue weighted by Crippen LogP contribution is 2.18. The van der Waals surface area contributed by atoms with E-state index in [4.69, 9.17) is 10.00 Å². The first kappa shape index (κ1) is 14.5. The molecule has 0 bridgehead atoms. The van der Waals surface area contributed by atoms with Crippen LogP contribution in [0.4, 0.5) is 0 Å². The highest BCUT2D eigenvalue weighted by molar-refractivity contribution is 6.21. The highest BCUT2D eigenvalue weighted by Gasteiger charge is 2.14. The normalized spacial score (nSPS) is 10.8. The van der Waals surface area contributed by atoms with Crippen LogP contribution in [-0.4, -0.2) is 17.6 Å². The van der Waals surface area contributed by atoms with E-state index in [-0.39, 0.29) is 0 Å². The Hall–Kier alpha value is -2.93. The fourth-order valence-electron chi connectivity index (χ4n) is 1.83. The molecule has 2 rings (SSSR count). The predicted octanol–water partition coefficient (Wildman–Crippen LogP) is 3.06. The van der Waals surface area contributed by atoms with Crippen LogP contribution in [-0.2, 0) is 9.53 Å². The SMILES string of the molecule is CCOC(=O)/C(=C\c1cccc(C#N)c1)c1ccccn1. The van der Waals surface area contributed by atoms with Crippen LogP contribution >= 0.6 is 0 Å². The molecule has 0 saturated carbocycles. The van der Waals surface area contributed by atoms with Crippen LogP contribution in [0.15, 0.2) is 48.7 Å². The molecule has 1 heterocycles. The number of rotatable bonds is 4. The minimum Gasteiger partial charge on any atom is -0.462 e. The fraction of sp³-hybridized carbons (Fsp3) is 0.118. The first-order chi connectivity index (χ1) is 10.2. The first-order valence-electron chi connectivity index (χ1n) is 6.55. The molecular formula is C17H14N2O2. The Labute approximate surface area is 123 Å². The summed E-state index contributed by atoms with van der Waals surface area (Å²) in [7, 11) is 0. The van der Waals surface area contributed by atoms with Crippen LogP contribution < -0.4 is 0 Å². The van der Waals surface area contributed by atoms with Gasteiger partial charge in [-0.3, -0.25) is 4.98 Å². The molecule has 0 N–H and O–H groups in total. The lowest BCUT2D eigenvalue weighted by molar-refractivity contribution is -0.136. The van der Waals surface area contributed by atoms with Crippen molar-refractivity contribution >= 4 is 17.6 Å². The number of hydrogen-bond donors (Lipinski definition) is 0. The summed E-state index contributed by atoms with van der Waals surface area (Å²) in [6, 6.07) is 14.4. The van der Waals surface area contributed by atoms with Crippen LogP contribution in [0.5, 0.6) is 0 Å². The van der Waals surface area contributed by atoms with Crippen molar-refractivity contribution in [1.82, 2.24) is 4.98 Å². The van der Waals surface area contributed by atoms with Crippen LogP contribution in [0.25, 0.3) is 11.6 Å². The molecule has 0 amide bonds. The second kappa shape index (κ2) is 7.01. The molecule has 1 aromatic heterocycles. The number of nitriles is 1. The quantitative estimate of drug-likeness (QED) is 0.637. The zero-order valence-electron chi connectivity index (χ0n) is 11.6. The second-order valence-corrected chi connectivity index (χ2v) is 4.23. The number of carbonyl (C=O) groups excluding carboxylic acids is 1. The first-order valence-corrected chi connectivity index (χ1v) is 6.55. The molecule has 2 aromatic rings. The van der Waals surface area contributed by atoms with Gasteiger partial charge < -0.3 is 4.74 Å².